The van der Waals surface area contributed by atoms with Crippen molar-refractivity contribution >= 4 is 17.3 Å². The molecule has 0 radical (unpaired) electrons. The van der Waals surface area contributed by atoms with E-state index in [2.05, 4.69) is 17.1 Å². The van der Waals surface area contributed by atoms with Crippen LogP contribution >= 0.6 is 0 Å². The van der Waals surface area contributed by atoms with E-state index in [9.17, 15) is 14.9 Å². The topological polar surface area (TPSA) is 111 Å². The fraction of sp³-hybridized carbons (Fsp3) is 0.562. The third kappa shape index (κ3) is 4.14. The first-order chi connectivity index (χ1) is 11.5. The molecule has 1 aromatic rings. The van der Waals surface area contributed by atoms with Gasteiger partial charge in [0.25, 0.3) is 11.6 Å². The number of piperidine rings is 1. The van der Waals surface area contributed by atoms with Crippen molar-refractivity contribution < 1.29 is 14.5 Å². The molecule has 8 heteroatoms. The number of nitrogens with zero attached hydrogens (tertiary/aromatic N) is 2. The summed E-state index contributed by atoms with van der Waals surface area (Å²) in [4.78, 5) is 25.3. The van der Waals surface area contributed by atoms with Gasteiger partial charge in [0.2, 0.25) is 0 Å². The van der Waals surface area contributed by atoms with Crippen LogP contribution in [-0.2, 0) is 0 Å². The van der Waals surface area contributed by atoms with E-state index in [-0.39, 0.29) is 34.6 Å². The smallest absolute Gasteiger partial charge is 0.293 e. The number of carbonyl (C=O) groups is 1. The zero-order valence-electron chi connectivity index (χ0n) is 14.1. The Kier molecular flexibility index (Phi) is 5.97. The number of nitrogen functional groups attached to an aromatic ring is 1. The number of hydrogen-bond acceptors (Lipinski definition) is 6. The minimum atomic E-state index is -0.602. The van der Waals surface area contributed by atoms with E-state index in [1.807, 2.05) is 0 Å². The maximum Gasteiger partial charge on any atom is 0.293 e. The van der Waals surface area contributed by atoms with E-state index in [1.54, 1.807) is 0 Å². The van der Waals surface area contributed by atoms with Crippen LogP contribution < -0.4 is 15.8 Å². The quantitative estimate of drug-likeness (QED) is 0.465. The normalized spacial score (nSPS) is 15.9. The summed E-state index contributed by atoms with van der Waals surface area (Å²) >= 11 is 0. The number of amides is 1. The molecule has 0 spiro atoms. The number of nitrogens with one attached hydrogen (secondary N) is 1. The van der Waals surface area contributed by atoms with Crippen molar-refractivity contribution in [3.8, 4) is 5.75 Å². The fourth-order valence-corrected chi connectivity index (χ4v) is 2.97. The zero-order chi connectivity index (χ0) is 17.7. The lowest BCUT2D eigenvalue weighted by Gasteiger charge is -2.32. The highest BCUT2D eigenvalue weighted by Gasteiger charge is 2.25. The zero-order valence-corrected chi connectivity index (χ0v) is 14.1. The summed E-state index contributed by atoms with van der Waals surface area (Å²) in [5, 5.41) is 14.0. The van der Waals surface area contributed by atoms with Gasteiger partial charge in [-0.15, -0.1) is 0 Å². The van der Waals surface area contributed by atoms with Gasteiger partial charge < -0.3 is 20.7 Å². The summed E-state index contributed by atoms with van der Waals surface area (Å²) in [5.74, 6) is -0.136. The predicted octanol–water partition coefficient (Wildman–Crippen LogP) is 1.79. The molecule has 2 rings (SSSR count). The standard InChI is InChI=1S/C16H24N4O4/c1-3-6-19-7-4-11(5-8-19)18-16(21)12-9-14(20(22)23)13(17)10-15(12)24-2/h9-11H,3-8,17H2,1-2H3,(H,18,21). The van der Waals surface area contributed by atoms with Gasteiger partial charge in [0.05, 0.1) is 17.6 Å². The van der Waals surface area contributed by atoms with Crippen LogP contribution in [0, 0.1) is 10.1 Å². The van der Waals surface area contributed by atoms with E-state index in [0.29, 0.717) is 0 Å². The van der Waals surface area contributed by atoms with E-state index in [4.69, 9.17) is 10.5 Å². The van der Waals surface area contributed by atoms with Crippen molar-refractivity contribution in [3.05, 3.63) is 27.8 Å². The molecular weight excluding hydrogens is 312 g/mol. The number of hydrogen-bond donors (Lipinski definition) is 2. The molecule has 1 aliphatic heterocycles. The first-order valence-electron chi connectivity index (χ1n) is 8.11. The predicted molar refractivity (Wildman–Crippen MR) is 91.3 cm³/mol. The number of nitro benzene ring substituents is 1. The molecule has 1 saturated heterocycles. The van der Waals surface area contributed by atoms with Gasteiger partial charge >= 0.3 is 0 Å². The molecule has 0 unspecified atom stereocenters. The second-order valence-electron chi connectivity index (χ2n) is 5.96. The summed E-state index contributed by atoms with van der Waals surface area (Å²) in [7, 11) is 1.40. The Morgan fingerprint density at radius 1 is 1.46 bits per heavy atom. The largest absolute Gasteiger partial charge is 0.496 e. The van der Waals surface area contributed by atoms with Crippen LogP contribution in [-0.4, -0.2) is 48.5 Å². The highest BCUT2D eigenvalue weighted by Crippen LogP contribution is 2.30. The second-order valence-corrected chi connectivity index (χ2v) is 5.96. The SMILES string of the molecule is CCCN1CCC(NC(=O)c2cc([N+](=O)[O-])c(N)cc2OC)CC1. The molecule has 8 nitrogen and oxygen atoms in total. The lowest BCUT2D eigenvalue weighted by Crippen LogP contribution is -2.44. The maximum atomic E-state index is 12.5. The Labute approximate surface area is 141 Å². The number of anilines is 1. The average molecular weight is 336 g/mol. The Morgan fingerprint density at radius 3 is 2.67 bits per heavy atom. The maximum absolute atomic E-state index is 12.5. The summed E-state index contributed by atoms with van der Waals surface area (Å²) in [5.41, 5.74) is 5.45. The Balaban J connectivity index is 2.09. The van der Waals surface area contributed by atoms with E-state index in [0.717, 1.165) is 38.9 Å². The number of methoxy groups -OCH3 is 1. The summed E-state index contributed by atoms with van der Waals surface area (Å²) in [6, 6.07) is 2.55. The number of likely N-dealkylation sites (tertiary alicyclic amines) is 1. The van der Waals surface area contributed by atoms with Crippen molar-refractivity contribution in [3.63, 3.8) is 0 Å². The number of carbonyl (C=O) groups excluding carboxylic acids is 1. The van der Waals surface area contributed by atoms with Crippen LogP contribution in [0.2, 0.25) is 0 Å². The number of nitro groups is 1. The fourth-order valence-electron chi connectivity index (χ4n) is 2.97. The molecule has 24 heavy (non-hydrogen) atoms. The molecule has 0 aromatic heterocycles. The second kappa shape index (κ2) is 7.96. The monoisotopic (exact) mass is 336 g/mol. The third-order valence-corrected chi connectivity index (χ3v) is 4.25. The van der Waals surface area contributed by atoms with Crippen molar-refractivity contribution in [2.24, 2.45) is 0 Å². The van der Waals surface area contributed by atoms with E-state index in [1.165, 1.54) is 19.2 Å². The first-order valence-corrected chi connectivity index (χ1v) is 8.11. The van der Waals surface area contributed by atoms with E-state index >= 15 is 0 Å². The molecular formula is C16H24N4O4. The first kappa shape index (κ1) is 18.0. The van der Waals surface area contributed by atoms with Gasteiger partial charge in [0, 0.05) is 31.3 Å². The Morgan fingerprint density at radius 2 is 2.12 bits per heavy atom. The van der Waals surface area contributed by atoms with Crippen LogP contribution in [0.3, 0.4) is 0 Å². The number of nitrogens with two attached hydrogens (primary N) is 1. The lowest BCUT2D eigenvalue weighted by atomic mass is 10.0. The number of rotatable bonds is 6. The molecule has 3 N–H and O–H groups in total. The number of ether oxygens (including phenoxy) is 1. The summed E-state index contributed by atoms with van der Waals surface area (Å²) in [6.45, 7) is 5.10. The van der Waals surface area contributed by atoms with Crippen molar-refractivity contribution in [1.29, 1.82) is 0 Å². The average Bonchev–Trinajstić information content (AvgIpc) is 2.56. The Bertz CT molecular complexity index is 612. The van der Waals surface area contributed by atoms with Crippen LogP contribution in [0.4, 0.5) is 11.4 Å². The molecule has 0 bridgehead atoms. The van der Waals surface area contributed by atoms with Gasteiger partial charge in [0.1, 0.15) is 11.4 Å². The van der Waals surface area contributed by atoms with Gasteiger partial charge in [-0.25, -0.2) is 0 Å². The van der Waals surface area contributed by atoms with Crippen LogP contribution in [0.15, 0.2) is 12.1 Å². The lowest BCUT2D eigenvalue weighted by molar-refractivity contribution is -0.383. The molecule has 0 atom stereocenters. The summed E-state index contributed by atoms with van der Waals surface area (Å²) < 4.78 is 5.15. The number of benzene rings is 1. The molecule has 1 aromatic carbocycles. The van der Waals surface area contributed by atoms with Crippen molar-refractivity contribution in [1.82, 2.24) is 10.2 Å². The molecule has 132 valence electrons. The molecule has 1 amide bonds. The minimum absolute atomic E-state index is 0.0266. The van der Waals surface area contributed by atoms with Gasteiger partial charge in [-0.1, -0.05) is 6.92 Å². The third-order valence-electron chi connectivity index (χ3n) is 4.25. The van der Waals surface area contributed by atoms with Gasteiger partial charge in [-0.05, 0) is 25.8 Å². The van der Waals surface area contributed by atoms with Crippen molar-refractivity contribution in [2.75, 3.05) is 32.5 Å². The highest BCUT2D eigenvalue weighted by atomic mass is 16.6. The Hall–Kier alpha value is -2.35. The molecule has 1 fully saturated rings. The van der Waals surface area contributed by atoms with Crippen LogP contribution in [0.1, 0.15) is 36.5 Å². The molecule has 0 saturated carbocycles. The van der Waals surface area contributed by atoms with Gasteiger partial charge in [-0.3, -0.25) is 14.9 Å². The minimum Gasteiger partial charge on any atom is -0.496 e. The van der Waals surface area contributed by atoms with Crippen LogP contribution in [0.5, 0.6) is 5.75 Å². The highest BCUT2D eigenvalue weighted by molar-refractivity contribution is 5.98. The van der Waals surface area contributed by atoms with Gasteiger partial charge in [0.15, 0.2) is 0 Å². The van der Waals surface area contributed by atoms with Crippen molar-refractivity contribution in [2.45, 2.75) is 32.2 Å². The molecule has 1 aliphatic rings. The molecule has 1 heterocycles. The molecule has 0 aliphatic carbocycles. The summed E-state index contributed by atoms with van der Waals surface area (Å²) in [6.07, 6.45) is 2.85. The van der Waals surface area contributed by atoms with E-state index < -0.39 is 4.92 Å². The van der Waals surface area contributed by atoms with Gasteiger partial charge in [-0.2, -0.15) is 0 Å². The van der Waals surface area contributed by atoms with Crippen LogP contribution in [0.25, 0.3) is 0 Å².